The van der Waals surface area contributed by atoms with Crippen LogP contribution in [0.4, 0.5) is 9.80 Å². The maximum Gasteiger partial charge on any atom is 0.317 e. The Labute approximate surface area is 148 Å². The van der Waals surface area contributed by atoms with Gasteiger partial charge in [0.25, 0.3) is 5.91 Å². The third kappa shape index (κ3) is 2.89. The first-order valence-electron chi connectivity index (χ1n) is 7.63. The predicted octanol–water partition coefficient (Wildman–Crippen LogP) is 1.90. The zero-order valence-corrected chi connectivity index (χ0v) is 15.1. The number of primary amides is 2. The van der Waals surface area contributed by atoms with Crippen molar-refractivity contribution in [3.05, 3.63) is 34.9 Å². The van der Waals surface area contributed by atoms with E-state index in [0.717, 1.165) is 21.6 Å². The number of sulfone groups is 1. The largest absolute Gasteiger partial charge is 0.365 e. The molecule has 1 aliphatic rings. The maximum atomic E-state index is 12.4. The second-order valence-electron chi connectivity index (χ2n) is 5.65. The van der Waals surface area contributed by atoms with Crippen LogP contribution in [0.15, 0.2) is 23.1 Å². The average Bonchev–Trinajstić information content (AvgIpc) is 2.91. The molecular formula is C16H17N3O4S2. The molecular weight excluding hydrogens is 362 g/mol. The molecule has 0 fully saturated rings. The second-order valence-corrected chi connectivity index (χ2v) is 8.92. The first-order valence-corrected chi connectivity index (χ1v) is 10.1. The van der Waals surface area contributed by atoms with Gasteiger partial charge in [0, 0.05) is 4.88 Å². The van der Waals surface area contributed by atoms with Gasteiger partial charge in [-0.3, -0.25) is 10.1 Å². The standard InChI is InChI=1S/C16H17N3O4S2/c1-2-25(22,23)11-5-3-4-9-8(11)6-7-10-12(14(17)20)15(19-16(18)21)24-13(9)10/h3-5H,2,6-7H2,1H3,(H2,17,20)(H3,18,19,21). The number of amides is 3. The molecule has 3 amide bonds. The van der Waals surface area contributed by atoms with Crippen molar-refractivity contribution in [3.8, 4) is 10.4 Å². The van der Waals surface area contributed by atoms with Crippen LogP contribution in [0.25, 0.3) is 10.4 Å². The Balaban J connectivity index is 2.25. The molecule has 0 unspecified atom stereocenters. The van der Waals surface area contributed by atoms with E-state index >= 15 is 0 Å². The Kier molecular flexibility index (Phi) is 4.29. The molecule has 0 aliphatic heterocycles. The number of thiophene rings is 1. The Morgan fingerprint density at radius 1 is 1.20 bits per heavy atom. The van der Waals surface area contributed by atoms with Gasteiger partial charge in [-0.05, 0) is 35.6 Å². The maximum absolute atomic E-state index is 12.4. The van der Waals surface area contributed by atoms with Crippen molar-refractivity contribution in [2.45, 2.75) is 24.7 Å². The van der Waals surface area contributed by atoms with Crippen molar-refractivity contribution in [3.63, 3.8) is 0 Å². The van der Waals surface area contributed by atoms with Crippen LogP contribution in [0.5, 0.6) is 0 Å². The smallest absolute Gasteiger partial charge is 0.317 e. The van der Waals surface area contributed by atoms with Crippen LogP contribution in [-0.4, -0.2) is 26.1 Å². The van der Waals surface area contributed by atoms with Gasteiger partial charge in [-0.25, -0.2) is 13.2 Å². The summed E-state index contributed by atoms with van der Waals surface area (Å²) >= 11 is 1.18. The Bertz CT molecular complexity index is 993. The van der Waals surface area contributed by atoms with E-state index < -0.39 is 21.8 Å². The first kappa shape index (κ1) is 17.4. The summed E-state index contributed by atoms with van der Waals surface area (Å²) in [6, 6.07) is 4.32. The number of carbonyl (C=O) groups excluding carboxylic acids is 2. The van der Waals surface area contributed by atoms with Gasteiger partial charge in [-0.2, -0.15) is 0 Å². The summed E-state index contributed by atoms with van der Waals surface area (Å²) in [4.78, 5) is 24.1. The number of hydrogen-bond acceptors (Lipinski definition) is 5. The molecule has 0 saturated heterocycles. The molecule has 7 nitrogen and oxygen atoms in total. The number of urea groups is 1. The van der Waals surface area contributed by atoms with Gasteiger partial charge in [-0.1, -0.05) is 19.1 Å². The molecule has 132 valence electrons. The highest BCUT2D eigenvalue weighted by atomic mass is 32.2. The van der Waals surface area contributed by atoms with E-state index in [9.17, 15) is 18.0 Å². The van der Waals surface area contributed by atoms with Gasteiger partial charge in [0.2, 0.25) is 0 Å². The molecule has 1 heterocycles. The van der Waals surface area contributed by atoms with Crippen LogP contribution in [0.3, 0.4) is 0 Å². The first-order chi connectivity index (χ1) is 11.8. The van der Waals surface area contributed by atoms with Gasteiger partial charge in [0.1, 0.15) is 5.00 Å². The van der Waals surface area contributed by atoms with Crippen LogP contribution >= 0.6 is 11.3 Å². The minimum Gasteiger partial charge on any atom is -0.365 e. The highest BCUT2D eigenvalue weighted by Gasteiger charge is 2.30. The fraction of sp³-hybridized carbons (Fsp3) is 0.250. The fourth-order valence-corrected chi connectivity index (χ4v) is 5.61. The van der Waals surface area contributed by atoms with Gasteiger partial charge >= 0.3 is 6.03 Å². The molecule has 0 saturated carbocycles. The number of carbonyl (C=O) groups is 2. The third-order valence-electron chi connectivity index (χ3n) is 4.21. The van der Waals surface area contributed by atoms with Crippen LogP contribution < -0.4 is 16.8 Å². The Morgan fingerprint density at radius 3 is 2.48 bits per heavy atom. The van der Waals surface area contributed by atoms with Crippen molar-refractivity contribution in [2.24, 2.45) is 11.5 Å². The Hall–Kier alpha value is -2.39. The lowest BCUT2D eigenvalue weighted by Crippen LogP contribution is -2.22. The van der Waals surface area contributed by atoms with E-state index in [1.165, 1.54) is 11.3 Å². The molecule has 1 aliphatic carbocycles. The summed E-state index contributed by atoms with van der Waals surface area (Å²) in [5, 5.41) is 2.73. The molecule has 9 heteroatoms. The molecule has 5 N–H and O–H groups in total. The summed E-state index contributed by atoms with van der Waals surface area (Å²) < 4.78 is 24.7. The number of benzene rings is 1. The normalized spacial score (nSPS) is 13.0. The van der Waals surface area contributed by atoms with E-state index in [0.29, 0.717) is 22.7 Å². The number of rotatable bonds is 4. The minimum atomic E-state index is -3.36. The summed E-state index contributed by atoms with van der Waals surface area (Å²) in [6.07, 6.45) is 0.943. The molecule has 25 heavy (non-hydrogen) atoms. The molecule has 1 aromatic carbocycles. The van der Waals surface area contributed by atoms with Crippen molar-refractivity contribution < 1.29 is 18.0 Å². The number of nitrogens with one attached hydrogen (secondary N) is 1. The molecule has 2 aromatic rings. The van der Waals surface area contributed by atoms with Crippen LogP contribution in [-0.2, 0) is 22.7 Å². The summed E-state index contributed by atoms with van der Waals surface area (Å²) in [5.41, 5.74) is 13.1. The zero-order valence-electron chi connectivity index (χ0n) is 13.5. The van der Waals surface area contributed by atoms with Gasteiger partial charge in [-0.15, -0.1) is 11.3 Å². The molecule has 1 aromatic heterocycles. The van der Waals surface area contributed by atoms with Crippen molar-refractivity contribution in [1.29, 1.82) is 0 Å². The molecule has 0 spiro atoms. The topological polar surface area (TPSA) is 132 Å². The molecule has 0 radical (unpaired) electrons. The zero-order chi connectivity index (χ0) is 18.4. The number of hydrogen-bond donors (Lipinski definition) is 3. The third-order valence-corrected chi connectivity index (χ3v) is 7.20. The lowest BCUT2D eigenvalue weighted by Gasteiger charge is -2.20. The quantitative estimate of drug-likeness (QED) is 0.748. The van der Waals surface area contributed by atoms with Crippen molar-refractivity contribution in [1.82, 2.24) is 0 Å². The molecule has 0 bridgehead atoms. The van der Waals surface area contributed by atoms with E-state index in [-0.39, 0.29) is 11.3 Å². The summed E-state index contributed by atoms with van der Waals surface area (Å²) in [5.74, 6) is -0.635. The molecule has 0 atom stereocenters. The lowest BCUT2D eigenvalue weighted by molar-refractivity contribution is 0.100. The monoisotopic (exact) mass is 379 g/mol. The van der Waals surface area contributed by atoms with Gasteiger partial charge in [0.15, 0.2) is 9.84 Å². The van der Waals surface area contributed by atoms with Crippen molar-refractivity contribution in [2.75, 3.05) is 11.1 Å². The number of anilines is 1. The molecule has 3 rings (SSSR count). The van der Waals surface area contributed by atoms with Crippen LogP contribution in [0.1, 0.15) is 28.4 Å². The highest BCUT2D eigenvalue weighted by Crippen LogP contribution is 2.46. The van der Waals surface area contributed by atoms with Crippen LogP contribution in [0.2, 0.25) is 0 Å². The highest BCUT2D eigenvalue weighted by molar-refractivity contribution is 7.91. The lowest BCUT2D eigenvalue weighted by atomic mass is 9.89. The minimum absolute atomic E-state index is 0.0156. The van der Waals surface area contributed by atoms with Gasteiger partial charge < -0.3 is 11.5 Å². The average molecular weight is 379 g/mol. The van der Waals surface area contributed by atoms with Gasteiger partial charge in [0.05, 0.1) is 16.2 Å². The van der Waals surface area contributed by atoms with E-state index in [1.54, 1.807) is 19.1 Å². The SMILES string of the molecule is CCS(=O)(=O)c1cccc2c1CCc1c-2sc(NC(N)=O)c1C(N)=O. The second kappa shape index (κ2) is 6.16. The predicted molar refractivity (Wildman–Crippen MR) is 96.6 cm³/mol. The van der Waals surface area contributed by atoms with E-state index in [2.05, 4.69) is 5.32 Å². The number of nitrogens with two attached hydrogens (primary N) is 2. The number of fused-ring (bicyclic) bond motifs is 3. The van der Waals surface area contributed by atoms with E-state index in [1.807, 2.05) is 6.07 Å². The summed E-state index contributed by atoms with van der Waals surface area (Å²) in [7, 11) is -3.36. The Morgan fingerprint density at radius 2 is 1.88 bits per heavy atom. The fourth-order valence-electron chi connectivity index (χ4n) is 3.11. The van der Waals surface area contributed by atoms with E-state index in [4.69, 9.17) is 11.5 Å². The summed E-state index contributed by atoms with van der Waals surface area (Å²) in [6.45, 7) is 1.61. The van der Waals surface area contributed by atoms with Crippen molar-refractivity contribution >= 4 is 38.1 Å². The van der Waals surface area contributed by atoms with Crippen LogP contribution in [0, 0.1) is 0 Å².